The van der Waals surface area contributed by atoms with E-state index in [-0.39, 0.29) is 11.9 Å². The number of carbonyl (C=O) groups is 1. The van der Waals surface area contributed by atoms with Gasteiger partial charge >= 0.3 is 0 Å². The zero-order valence-electron chi connectivity index (χ0n) is 11.6. The highest BCUT2D eigenvalue weighted by Gasteiger charge is 2.24. The first-order chi connectivity index (χ1) is 9.11. The minimum atomic E-state index is -0.0945. The molecule has 1 amide bonds. The van der Waals surface area contributed by atoms with Crippen LogP contribution in [-0.2, 0) is 0 Å². The highest BCUT2D eigenvalue weighted by molar-refractivity contribution is 5.98. The van der Waals surface area contributed by atoms with Crippen LogP contribution in [0.15, 0.2) is 18.2 Å². The molecule has 0 aliphatic heterocycles. The fraction of sp³-hybridized carbons (Fsp3) is 0.533. The highest BCUT2D eigenvalue weighted by Crippen LogP contribution is 2.26. The smallest absolute Gasteiger partial charge is 0.255 e. The van der Waals surface area contributed by atoms with Gasteiger partial charge in [-0.1, -0.05) is 19.8 Å². The van der Waals surface area contributed by atoms with E-state index < -0.39 is 0 Å². The molecule has 1 aliphatic rings. The predicted octanol–water partition coefficient (Wildman–Crippen LogP) is 2.59. The Morgan fingerprint density at radius 1 is 1.37 bits per heavy atom. The Labute approximate surface area is 114 Å². The minimum absolute atomic E-state index is 0.0945. The maximum Gasteiger partial charge on any atom is 0.255 e. The van der Waals surface area contributed by atoms with Crippen molar-refractivity contribution in [2.75, 3.05) is 12.8 Å². The Balaban J connectivity index is 2.13. The van der Waals surface area contributed by atoms with Crippen LogP contribution in [0, 0.1) is 5.92 Å². The number of hydrogen-bond acceptors (Lipinski definition) is 3. The van der Waals surface area contributed by atoms with Crippen LogP contribution in [0.1, 0.15) is 43.0 Å². The second-order valence-corrected chi connectivity index (χ2v) is 5.30. The van der Waals surface area contributed by atoms with Gasteiger partial charge in [0.25, 0.3) is 5.91 Å². The van der Waals surface area contributed by atoms with Gasteiger partial charge in [-0.25, -0.2) is 0 Å². The minimum Gasteiger partial charge on any atom is -0.496 e. The quantitative estimate of drug-likeness (QED) is 0.823. The van der Waals surface area contributed by atoms with Crippen molar-refractivity contribution >= 4 is 11.6 Å². The van der Waals surface area contributed by atoms with Gasteiger partial charge in [-0.2, -0.15) is 0 Å². The maximum atomic E-state index is 12.3. The molecule has 0 spiro atoms. The lowest BCUT2D eigenvalue weighted by molar-refractivity contribution is 0.0907. The SMILES string of the molecule is COc1ccc(N)cc1C(=O)NC1CCCCC1C. The molecule has 0 heterocycles. The summed E-state index contributed by atoms with van der Waals surface area (Å²) in [5, 5.41) is 3.11. The average Bonchev–Trinajstić information content (AvgIpc) is 2.41. The molecule has 1 saturated carbocycles. The van der Waals surface area contributed by atoms with Crippen LogP contribution in [0.3, 0.4) is 0 Å². The van der Waals surface area contributed by atoms with Crippen molar-refractivity contribution < 1.29 is 9.53 Å². The Kier molecular flexibility index (Phi) is 4.30. The summed E-state index contributed by atoms with van der Waals surface area (Å²) in [6, 6.07) is 5.39. The summed E-state index contributed by atoms with van der Waals surface area (Å²) < 4.78 is 5.22. The summed E-state index contributed by atoms with van der Waals surface area (Å²) in [7, 11) is 1.56. The van der Waals surface area contributed by atoms with Crippen molar-refractivity contribution in [3.8, 4) is 5.75 Å². The van der Waals surface area contributed by atoms with Crippen molar-refractivity contribution in [2.45, 2.75) is 38.6 Å². The largest absolute Gasteiger partial charge is 0.496 e. The van der Waals surface area contributed by atoms with E-state index in [1.165, 1.54) is 19.3 Å². The Morgan fingerprint density at radius 3 is 2.79 bits per heavy atom. The van der Waals surface area contributed by atoms with Gasteiger partial charge in [0, 0.05) is 11.7 Å². The highest BCUT2D eigenvalue weighted by atomic mass is 16.5. The third kappa shape index (κ3) is 3.19. The molecule has 4 nitrogen and oxygen atoms in total. The summed E-state index contributed by atoms with van der Waals surface area (Å²) in [4.78, 5) is 12.3. The first kappa shape index (κ1) is 13.7. The van der Waals surface area contributed by atoms with Crippen molar-refractivity contribution in [3.63, 3.8) is 0 Å². The van der Waals surface area contributed by atoms with E-state index in [0.717, 1.165) is 6.42 Å². The topological polar surface area (TPSA) is 64.3 Å². The molecule has 2 atom stereocenters. The van der Waals surface area contributed by atoms with Crippen LogP contribution >= 0.6 is 0 Å². The maximum absolute atomic E-state index is 12.3. The number of methoxy groups -OCH3 is 1. The molecular formula is C15H22N2O2. The average molecular weight is 262 g/mol. The number of amides is 1. The summed E-state index contributed by atoms with van der Waals surface area (Å²) in [6.07, 6.45) is 4.68. The van der Waals surface area contributed by atoms with Gasteiger partial charge < -0.3 is 15.8 Å². The van der Waals surface area contributed by atoms with Crippen LogP contribution in [0.5, 0.6) is 5.75 Å². The lowest BCUT2D eigenvalue weighted by Crippen LogP contribution is -2.41. The zero-order chi connectivity index (χ0) is 13.8. The molecule has 0 saturated heterocycles. The molecule has 4 heteroatoms. The number of nitrogens with one attached hydrogen (secondary N) is 1. The van der Waals surface area contributed by atoms with Crippen LogP contribution in [0.25, 0.3) is 0 Å². The molecule has 0 radical (unpaired) electrons. The predicted molar refractivity (Wildman–Crippen MR) is 76.3 cm³/mol. The first-order valence-electron chi connectivity index (χ1n) is 6.86. The second-order valence-electron chi connectivity index (χ2n) is 5.30. The Hall–Kier alpha value is -1.71. The number of benzene rings is 1. The van der Waals surface area contributed by atoms with Crippen LogP contribution < -0.4 is 15.8 Å². The third-order valence-corrected chi connectivity index (χ3v) is 3.90. The van der Waals surface area contributed by atoms with Gasteiger partial charge in [-0.3, -0.25) is 4.79 Å². The monoisotopic (exact) mass is 262 g/mol. The summed E-state index contributed by atoms with van der Waals surface area (Å²) in [5.41, 5.74) is 6.83. The first-order valence-corrected chi connectivity index (χ1v) is 6.86. The van der Waals surface area contributed by atoms with Crippen molar-refractivity contribution in [2.24, 2.45) is 5.92 Å². The van der Waals surface area contributed by atoms with Gasteiger partial charge in [0.2, 0.25) is 0 Å². The molecule has 2 rings (SSSR count). The number of nitrogen functional groups attached to an aromatic ring is 1. The van der Waals surface area contributed by atoms with Crippen LogP contribution in [0.2, 0.25) is 0 Å². The molecule has 3 N–H and O–H groups in total. The van der Waals surface area contributed by atoms with Crippen molar-refractivity contribution in [1.82, 2.24) is 5.32 Å². The van der Waals surface area contributed by atoms with E-state index in [2.05, 4.69) is 12.2 Å². The van der Waals surface area contributed by atoms with E-state index in [1.807, 2.05) is 0 Å². The number of carbonyl (C=O) groups excluding carboxylic acids is 1. The van der Waals surface area contributed by atoms with E-state index >= 15 is 0 Å². The molecule has 2 unspecified atom stereocenters. The van der Waals surface area contributed by atoms with E-state index in [1.54, 1.807) is 25.3 Å². The molecular weight excluding hydrogens is 240 g/mol. The fourth-order valence-electron chi connectivity index (χ4n) is 2.68. The number of rotatable bonds is 3. The van der Waals surface area contributed by atoms with Gasteiger partial charge in [0.1, 0.15) is 5.75 Å². The van der Waals surface area contributed by atoms with Crippen molar-refractivity contribution in [1.29, 1.82) is 0 Å². The normalized spacial score (nSPS) is 22.8. The third-order valence-electron chi connectivity index (χ3n) is 3.90. The van der Waals surface area contributed by atoms with Crippen LogP contribution in [0.4, 0.5) is 5.69 Å². The summed E-state index contributed by atoms with van der Waals surface area (Å²) in [5.74, 6) is 1.00. The molecule has 1 aliphatic carbocycles. The van der Waals surface area contributed by atoms with E-state index in [0.29, 0.717) is 22.9 Å². The van der Waals surface area contributed by atoms with E-state index in [9.17, 15) is 4.79 Å². The number of ether oxygens (including phenoxy) is 1. The van der Waals surface area contributed by atoms with E-state index in [4.69, 9.17) is 10.5 Å². The lowest BCUT2D eigenvalue weighted by atomic mass is 9.86. The molecule has 104 valence electrons. The second kappa shape index (κ2) is 5.95. The fourth-order valence-corrected chi connectivity index (χ4v) is 2.68. The standard InChI is InChI=1S/C15H22N2O2/c1-10-5-3-4-6-13(10)17-15(18)12-9-11(16)7-8-14(12)19-2/h7-10,13H,3-6,16H2,1-2H3,(H,17,18). The number of anilines is 1. The molecule has 0 aromatic heterocycles. The van der Waals surface area contributed by atoms with Crippen molar-refractivity contribution in [3.05, 3.63) is 23.8 Å². The Morgan fingerprint density at radius 2 is 2.11 bits per heavy atom. The van der Waals surface area contributed by atoms with Crippen LogP contribution in [-0.4, -0.2) is 19.1 Å². The molecule has 19 heavy (non-hydrogen) atoms. The molecule has 1 aromatic rings. The zero-order valence-corrected chi connectivity index (χ0v) is 11.6. The Bertz CT molecular complexity index is 459. The molecule has 1 aromatic carbocycles. The molecule has 0 bridgehead atoms. The lowest BCUT2D eigenvalue weighted by Gasteiger charge is -2.29. The summed E-state index contributed by atoms with van der Waals surface area (Å²) >= 11 is 0. The summed E-state index contributed by atoms with van der Waals surface area (Å²) in [6.45, 7) is 2.20. The van der Waals surface area contributed by atoms with Gasteiger partial charge in [0.15, 0.2) is 0 Å². The van der Waals surface area contributed by atoms with Gasteiger partial charge in [-0.05, 0) is 37.0 Å². The number of hydrogen-bond donors (Lipinski definition) is 2. The number of nitrogens with two attached hydrogens (primary N) is 1. The molecule has 1 fully saturated rings. The van der Waals surface area contributed by atoms with Gasteiger partial charge in [-0.15, -0.1) is 0 Å². The van der Waals surface area contributed by atoms with Gasteiger partial charge in [0.05, 0.1) is 12.7 Å².